The molecule has 0 unspecified atom stereocenters. The van der Waals surface area contributed by atoms with E-state index in [-0.39, 0.29) is 5.75 Å². The van der Waals surface area contributed by atoms with Gasteiger partial charge in [-0.05, 0) is 38.7 Å². The molecule has 2 heterocycles. The molecule has 2 aromatic rings. The number of aromatic nitrogens is 2. The molecular formula is C19H24N4O3S. The third-order valence-electron chi connectivity index (χ3n) is 5.42. The zero-order valence-electron chi connectivity index (χ0n) is 15.6. The summed E-state index contributed by atoms with van der Waals surface area (Å²) in [5.74, 6) is 1.04. The molecule has 0 radical (unpaired) electrons. The van der Waals surface area contributed by atoms with Gasteiger partial charge >= 0.3 is 0 Å². The number of aryl methyl sites for hydroxylation is 1. The topological polar surface area (TPSA) is 98.4 Å². The van der Waals surface area contributed by atoms with Gasteiger partial charge in [-0.3, -0.25) is 0 Å². The van der Waals surface area contributed by atoms with Crippen molar-refractivity contribution in [1.29, 1.82) is 0 Å². The van der Waals surface area contributed by atoms with Crippen LogP contribution in [0.3, 0.4) is 0 Å². The van der Waals surface area contributed by atoms with Gasteiger partial charge in [0.15, 0.2) is 0 Å². The number of methoxy groups -OCH3 is 1. The van der Waals surface area contributed by atoms with E-state index in [4.69, 9.17) is 19.8 Å². The summed E-state index contributed by atoms with van der Waals surface area (Å²) in [5.41, 5.74) is 4.70. The predicted octanol–water partition coefficient (Wildman–Crippen LogP) is 2.03. The molecule has 1 saturated heterocycles. The van der Waals surface area contributed by atoms with Crippen molar-refractivity contribution in [2.75, 3.05) is 18.6 Å². The first-order valence-electron chi connectivity index (χ1n) is 9.20. The average molecular weight is 388 g/mol. The maximum atomic E-state index is 11.5. The second kappa shape index (κ2) is 6.76. The van der Waals surface area contributed by atoms with Crippen molar-refractivity contribution in [3.05, 3.63) is 35.0 Å². The smallest absolute Gasteiger partial charge is 0.226 e. The highest BCUT2D eigenvalue weighted by molar-refractivity contribution is 7.88. The van der Waals surface area contributed by atoms with Gasteiger partial charge in [0.05, 0.1) is 18.6 Å². The first-order chi connectivity index (χ1) is 12.9. The molecule has 1 aromatic carbocycles. The number of hydrogen-bond acceptors (Lipinski definition) is 6. The first-order valence-corrected chi connectivity index (χ1v) is 10.9. The van der Waals surface area contributed by atoms with E-state index in [0.29, 0.717) is 17.4 Å². The van der Waals surface area contributed by atoms with E-state index < -0.39 is 10.0 Å². The van der Waals surface area contributed by atoms with Crippen molar-refractivity contribution >= 4 is 16.0 Å². The van der Waals surface area contributed by atoms with E-state index in [1.165, 1.54) is 12.7 Å². The van der Waals surface area contributed by atoms with E-state index >= 15 is 0 Å². The Morgan fingerprint density at radius 2 is 2.11 bits per heavy atom. The number of hydrogen-bond donors (Lipinski definition) is 1. The van der Waals surface area contributed by atoms with Crippen molar-refractivity contribution in [1.82, 2.24) is 9.97 Å². The highest BCUT2D eigenvalue weighted by Crippen LogP contribution is 2.36. The van der Waals surface area contributed by atoms with Crippen LogP contribution in [0.1, 0.15) is 36.6 Å². The summed E-state index contributed by atoms with van der Waals surface area (Å²) in [6, 6.07) is 5.97. The minimum absolute atomic E-state index is 0.255. The molecular weight excluding hydrogens is 364 g/mol. The molecule has 144 valence electrons. The van der Waals surface area contributed by atoms with Crippen molar-refractivity contribution in [3.8, 4) is 17.0 Å². The number of ether oxygens (including phenoxy) is 1. The molecule has 1 aliphatic heterocycles. The van der Waals surface area contributed by atoms with Gasteiger partial charge in [-0.1, -0.05) is 12.1 Å². The highest BCUT2D eigenvalue weighted by Gasteiger charge is 2.29. The van der Waals surface area contributed by atoms with E-state index in [1.807, 2.05) is 12.1 Å². The Morgan fingerprint density at radius 3 is 2.74 bits per heavy atom. The Kier molecular flexibility index (Phi) is 4.55. The number of sulfonamides is 1. The number of anilines is 1. The molecule has 1 fully saturated rings. The largest absolute Gasteiger partial charge is 0.496 e. The molecule has 1 atom stereocenters. The van der Waals surface area contributed by atoms with E-state index in [9.17, 15) is 8.42 Å². The summed E-state index contributed by atoms with van der Waals surface area (Å²) in [6.07, 6.45) is 4.17. The predicted molar refractivity (Wildman–Crippen MR) is 104 cm³/mol. The minimum Gasteiger partial charge on any atom is -0.496 e. The van der Waals surface area contributed by atoms with Crippen molar-refractivity contribution in [2.45, 2.75) is 44.4 Å². The number of primary sulfonamides is 1. The van der Waals surface area contributed by atoms with Gasteiger partial charge < -0.3 is 9.64 Å². The highest BCUT2D eigenvalue weighted by atomic mass is 32.2. The fourth-order valence-electron chi connectivity index (χ4n) is 3.83. The standard InChI is InChI=1S/C19H24N4O3S/c1-12-8-9-23(12)19-21-16-5-3-4-15(16)18(22-19)13-6-7-14(11-27(20,24)25)17(10-13)26-2/h6-7,10,12H,3-5,8-9,11H2,1-2H3,(H2,20,24,25)/t12-/m0/s1. The summed E-state index contributed by atoms with van der Waals surface area (Å²) >= 11 is 0. The fraction of sp³-hybridized carbons (Fsp3) is 0.474. The van der Waals surface area contributed by atoms with Crippen LogP contribution in [0.5, 0.6) is 5.75 Å². The second-order valence-electron chi connectivity index (χ2n) is 7.32. The lowest BCUT2D eigenvalue weighted by Crippen LogP contribution is -2.46. The molecule has 8 heteroatoms. The van der Waals surface area contributed by atoms with Gasteiger partial charge in [0.2, 0.25) is 16.0 Å². The van der Waals surface area contributed by atoms with Gasteiger partial charge in [-0.2, -0.15) is 0 Å². The number of rotatable bonds is 5. The number of nitrogens with two attached hydrogens (primary N) is 1. The molecule has 27 heavy (non-hydrogen) atoms. The Hall–Kier alpha value is -2.19. The third kappa shape index (κ3) is 3.51. The van der Waals surface area contributed by atoms with Gasteiger partial charge in [-0.25, -0.2) is 23.5 Å². The van der Waals surface area contributed by atoms with E-state index in [0.717, 1.165) is 55.1 Å². The maximum absolute atomic E-state index is 11.5. The molecule has 7 nitrogen and oxygen atoms in total. The van der Waals surface area contributed by atoms with Gasteiger partial charge in [0, 0.05) is 35.0 Å². The van der Waals surface area contributed by atoms with Crippen molar-refractivity contribution in [3.63, 3.8) is 0 Å². The van der Waals surface area contributed by atoms with Gasteiger partial charge in [-0.15, -0.1) is 0 Å². The number of benzene rings is 1. The lowest BCUT2D eigenvalue weighted by Gasteiger charge is -2.39. The lowest BCUT2D eigenvalue weighted by atomic mass is 10.0. The molecule has 0 saturated carbocycles. The van der Waals surface area contributed by atoms with Crippen LogP contribution in [0.2, 0.25) is 0 Å². The molecule has 1 aliphatic carbocycles. The van der Waals surface area contributed by atoms with Crippen molar-refractivity contribution < 1.29 is 13.2 Å². The number of nitrogens with zero attached hydrogens (tertiary/aromatic N) is 3. The monoisotopic (exact) mass is 388 g/mol. The molecule has 0 spiro atoms. The summed E-state index contributed by atoms with van der Waals surface area (Å²) in [4.78, 5) is 11.9. The second-order valence-corrected chi connectivity index (χ2v) is 8.93. The third-order valence-corrected chi connectivity index (χ3v) is 6.13. The molecule has 2 N–H and O–H groups in total. The normalized spacial score (nSPS) is 18.9. The van der Waals surface area contributed by atoms with Crippen LogP contribution in [0.4, 0.5) is 5.95 Å². The summed E-state index contributed by atoms with van der Waals surface area (Å²) in [5, 5.41) is 5.19. The minimum atomic E-state index is -3.63. The Labute approximate surface area is 159 Å². The van der Waals surface area contributed by atoms with E-state index in [1.54, 1.807) is 6.07 Å². The van der Waals surface area contributed by atoms with Crippen molar-refractivity contribution in [2.24, 2.45) is 5.14 Å². The SMILES string of the molecule is COc1cc(-c2nc(N3CC[C@@H]3C)nc3c2CCC3)ccc1CS(N)(=O)=O. The Bertz CT molecular complexity index is 991. The Morgan fingerprint density at radius 1 is 1.30 bits per heavy atom. The summed E-state index contributed by atoms with van der Waals surface area (Å²) < 4.78 is 28.4. The van der Waals surface area contributed by atoms with Crippen LogP contribution in [-0.4, -0.2) is 38.1 Å². The fourth-order valence-corrected chi connectivity index (χ4v) is 4.50. The molecule has 2 aliphatic rings. The van der Waals surface area contributed by atoms with Crippen LogP contribution in [0.15, 0.2) is 18.2 Å². The van der Waals surface area contributed by atoms with Crippen LogP contribution >= 0.6 is 0 Å². The summed E-state index contributed by atoms with van der Waals surface area (Å²) in [7, 11) is -2.10. The quantitative estimate of drug-likeness (QED) is 0.841. The Balaban J connectivity index is 1.79. The van der Waals surface area contributed by atoms with E-state index in [2.05, 4.69) is 11.8 Å². The van der Waals surface area contributed by atoms with Crippen LogP contribution in [0.25, 0.3) is 11.3 Å². The van der Waals surface area contributed by atoms with Gasteiger partial charge in [0.25, 0.3) is 0 Å². The van der Waals surface area contributed by atoms with Crippen LogP contribution in [0, 0.1) is 0 Å². The molecule has 0 amide bonds. The zero-order valence-corrected chi connectivity index (χ0v) is 16.4. The zero-order chi connectivity index (χ0) is 19.2. The molecule has 1 aromatic heterocycles. The van der Waals surface area contributed by atoms with Gasteiger partial charge in [0.1, 0.15) is 5.75 Å². The first kappa shape index (κ1) is 18.2. The maximum Gasteiger partial charge on any atom is 0.226 e. The van der Waals surface area contributed by atoms with Crippen LogP contribution < -0.4 is 14.8 Å². The molecule has 0 bridgehead atoms. The summed E-state index contributed by atoms with van der Waals surface area (Å²) in [6.45, 7) is 3.17. The number of fused-ring (bicyclic) bond motifs is 1. The average Bonchev–Trinajstić information content (AvgIpc) is 3.07. The molecule has 4 rings (SSSR count). The lowest BCUT2D eigenvalue weighted by molar-refractivity contribution is 0.411. The van der Waals surface area contributed by atoms with Crippen LogP contribution in [-0.2, 0) is 28.6 Å².